The van der Waals surface area contributed by atoms with E-state index >= 15 is 0 Å². The fraction of sp³-hybridized carbons (Fsp3) is 0.647. The highest BCUT2D eigenvalue weighted by Crippen LogP contribution is 2.26. The maximum Gasteiger partial charge on any atom is 0.124 e. The van der Waals surface area contributed by atoms with Crippen LogP contribution in [0.1, 0.15) is 11.1 Å². The molecule has 1 fully saturated rings. The molecule has 2 aromatic rings. The van der Waals surface area contributed by atoms with Crippen molar-refractivity contribution in [2.75, 3.05) is 132 Å². The minimum absolute atomic E-state index is 0.414. The Kier molecular flexibility index (Phi) is 19.1. The van der Waals surface area contributed by atoms with Gasteiger partial charge in [-0.1, -0.05) is 23.2 Å². The van der Waals surface area contributed by atoms with Gasteiger partial charge in [0.05, 0.1) is 92.5 Å². The van der Waals surface area contributed by atoms with Crippen LogP contribution in [0.25, 0.3) is 0 Å². The van der Waals surface area contributed by atoms with Gasteiger partial charge in [0.2, 0.25) is 0 Å². The molecule has 0 aromatic heterocycles. The van der Waals surface area contributed by atoms with Crippen LogP contribution < -0.4 is 9.47 Å². The molecule has 11 nitrogen and oxygen atoms in total. The maximum absolute atomic E-state index is 6.38. The number of nitrogens with zero attached hydrogens (tertiary/aromatic N) is 2. The maximum atomic E-state index is 6.38. The van der Waals surface area contributed by atoms with Gasteiger partial charge < -0.3 is 42.6 Å². The molecule has 0 aliphatic carbocycles. The van der Waals surface area contributed by atoms with Gasteiger partial charge in [0.1, 0.15) is 24.7 Å². The molecule has 0 N–H and O–H groups in total. The number of ether oxygens (including phenoxy) is 9. The van der Waals surface area contributed by atoms with Crippen molar-refractivity contribution in [3.05, 3.63) is 57.6 Å². The van der Waals surface area contributed by atoms with Gasteiger partial charge in [-0.15, -0.1) is 0 Å². The van der Waals surface area contributed by atoms with Gasteiger partial charge in [0, 0.05) is 60.4 Å². The summed E-state index contributed by atoms with van der Waals surface area (Å²) in [5.74, 6) is 1.56. The molecule has 264 valence electrons. The Balaban J connectivity index is 1.41. The lowest BCUT2D eigenvalue weighted by molar-refractivity contribution is 0.00484. The van der Waals surface area contributed by atoms with Gasteiger partial charge in [0.25, 0.3) is 0 Å². The monoisotopic (exact) mass is 700 g/mol. The molecule has 3 aliphatic heterocycles. The lowest BCUT2D eigenvalue weighted by atomic mass is 10.2. The van der Waals surface area contributed by atoms with Crippen LogP contribution in [0.2, 0.25) is 10.0 Å². The lowest BCUT2D eigenvalue weighted by Gasteiger charge is -2.25. The first-order valence-corrected chi connectivity index (χ1v) is 17.2. The SMILES string of the molecule is Clc1ccc2c(c1)CN1CCOCCOCCN(CCOCCOCC1)Cc1cc(Cl)ccc1OCCOCCOCCOCCO2. The van der Waals surface area contributed by atoms with E-state index in [2.05, 4.69) is 9.80 Å². The summed E-state index contributed by atoms with van der Waals surface area (Å²) in [7, 11) is 0. The largest absolute Gasteiger partial charge is 0.491 e. The Bertz CT molecular complexity index is 1030. The predicted molar refractivity (Wildman–Crippen MR) is 180 cm³/mol. The molecule has 0 amide bonds. The summed E-state index contributed by atoms with van der Waals surface area (Å²) in [4.78, 5) is 4.56. The van der Waals surface area contributed by atoms with Crippen molar-refractivity contribution in [1.82, 2.24) is 9.80 Å². The third-order valence-electron chi connectivity index (χ3n) is 7.50. The van der Waals surface area contributed by atoms with Crippen LogP contribution in [-0.4, -0.2) is 142 Å². The average Bonchev–Trinajstić information content (AvgIpc) is 3.06. The van der Waals surface area contributed by atoms with Gasteiger partial charge >= 0.3 is 0 Å². The summed E-state index contributed by atoms with van der Waals surface area (Å²) in [5, 5.41) is 1.32. The van der Waals surface area contributed by atoms with Crippen LogP contribution in [0.3, 0.4) is 0 Å². The minimum Gasteiger partial charge on any atom is -0.491 e. The van der Waals surface area contributed by atoms with E-state index in [4.69, 9.17) is 65.8 Å². The molecule has 0 atom stereocenters. The lowest BCUT2D eigenvalue weighted by Crippen LogP contribution is -2.33. The van der Waals surface area contributed by atoms with E-state index in [0.717, 1.165) is 48.8 Å². The van der Waals surface area contributed by atoms with Crippen molar-refractivity contribution >= 4 is 23.2 Å². The normalized spacial score (nSPS) is 23.5. The molecule has 47 heavy (non-hydrogen) atoms. The smallest absolute Gasteiger partial charge is 0.124 e. The minimum atomic E-state index is 0.414. The first kappa shape index (κ1) is 38.1. The molecule has 5 rings (SSSR count). The summed E-state index contributed by atoms with van der Waals surface area (Å²) in [5.41, 5.74) is 2.00. The fourth-order valence-corrected chi connectivity index (χ4v) is 5.42. The first-order valence-electron chi connectivity index (χ1n) is 16.5. The summed E-state index contributed by atoms with van der Waals surface area (Å²) in [6.07, 6.45) is 0. The average molecular weight is 702 g/mol. The standard InChI is InChI=1S/C34H50Cl2N2O9/c35-31-1-3-33-29(25-31)27-37-5-9-39-13-15-41-11-7-38(8-12-42-16-14-40-10-6-37)28-30-26-32(36)2-4-34(30)47-24-22-45-20-18-43-17-19-44-21-23-46-33/h1-4,25-26H,5-24,27-28H2. The molecule has 3 heterocycles. The number of halogens is 2. The van der Waals surface area contributed by atoms with Crippen molar-refractivity contribution in [3.63, 3.8) is 0 Å². The molecule has 0 unspecified atom stereocenters. The van der Waals surface area contributed by atoms with Crippen LogP contribution >= 0.6 is 23.2 Å². The number of hydrogen-bond acceptors (Lipinski definition) is 11. The fourth-order valence-electron chi connectivity index (χ4n) is 5.03. The van der Waals surface area contributed by atoms with Crippen LogP contribution in [0, 0.1) is 0 Å². The zero-order chi connectivity index (χ0) is 32.8. The van der Waals surface area contributed by atoms with Crippen molar-refractivity contribution < 1.29 is 42.6 Å². The molecule has 0 radical (unpaired) electrons. The molecular weight excluding hydrogens is 651 g/mol. The van der Waals surface area contributed by atoms with Crippen molar-refractivity contribution in [1.29, 1.82) is 0 Å². The molecule has 1 saturated heterocycles. The topological polar surface area (TPSA) is 89.6 Å². The highest BCUT2D eigenvalue weighted by molar-refractivity contribution is 6.31. The Morgan fingerprint density at radius 1 is 0.383 bits per heavy atom. The molecule has 2 aromatic carbocycles. The summed E-state index contributed by atoms with van der Waals surface area (Å²) in [6.45, 7) is 12.1. The van der Waals surface area contributed by atoms with Crippen LogP contribution in [-0.2, 0) is 46.2 Å². The van der Waals surface area contributed by atoms with Gasteiger partial charge in [-0.2, -0.15) is 0 Å². The van der Waals surface area contributed by atoms with Crippen LogP contribution in [0.15, 0.2) is 36.4 Å². The highest BCUT2D eigenvalue weighted by atomic mass is 35.5. The van der Waals surface area contributed by atoms with Crippen molar-refractivity contribution in [3.8, 4) is 11.5 Å². The van der Waals surface area contributed by atoms with Crippen LogP contribution in [0.4, 0.5) is 0 Å². The van der Waals surface area contributed by atoms with Crippen molar-refractivity contribution in [2.45, 2.75) is 13.1 Å². The third kappa shape index (κ3) is 16.0. The number of fused-ring (bicyclic) bond motifs is 26. The van der Waals surface area contributed by atoms with E-state index in [9.17, 15) is 0 Å². The quantitative estimate of drug-likeness (QED) is 0.371. The predicted octanol–water partition coefficient (Wildman–Crippen LogP) is 4.20. The second-order valence-electron chi connectivity index (χ2n) is 11.0. The van der Waals surface area contributed by atoms with E-state index in [-0.39, 0.29) is 0 Å². The molecule has 0 spiro atoms. The van der Waals surface area contributed by atoms with Gasteiger partial charge in [-0.25, -0.2) is 0 Å². The second-order valence-corrected chi connectivity index (χ2v) is 11.9. The zero-order valence-corrected chi connectivity index (χ0v) is 28.9. The van der Waals surface area contributed by atoms with Gasteiger partial charge in [-0.3, -0.25) is 9.80 Å². The summed E-state index contributed by atoms with van der Waals surface area (Å²) < 4.78 is 53.0. The van der Waals surface area contributed by atoms with E-state index in [1.165, 1.54) is 0 Å². The van der Waals surface area contributed by atoms with E-state index in [0.29, 0.717) is 129 Å². The Labute approximate surface area is 289 Å². The Hall–Kier alpha value is -1.74. The Morgan fingerprint density at radius 2 is 0.681 bits per heavy atom. The summed E-state index contributed by atoms with van der Waals surface area (Å²) in [6, 6.07) is 11.4. The molecule has 3 aliphatic rings. The Morgan fingerprint density at radius 3 is 1.02 bits per heavy atom. The van der Waals surface area contributed by atoms with Gasteiger partial charge in [-0.05, 0) is 36.4 Å². The molecular formula is C34H50Cl2N2O9. The number of rotatable bonds is 0. The first-order chi connectivity index (χ1) is 23.2. The molecule has 0 saturated carbocycles. The van der Waals surface area contributed by atoms with Gasteiger partial charge in [0.15, 0.2) is 0 Å². The number of hydrogen-bond donors (Lipinski definition) is 0. The number of benzene rings is 2. The highest BCUT2D eigenvalue weighted by Gasteiger charge is 2.14. The molecule has 13 heteroatoms. The van der Waals surface area contributed by atoms with E-state index in [1.54, 1.807) is 0 Å². The van der Waals surface area contributed by atoms with Crippen molar-refractivity contribution in [2.24, 2.45) is 0 Å². The van der Waals surface area contributed by atoms with E-state index < -0.39 is 0 Å². The van der Waals surface area contributed by atoms with Crippen LogP contribution in [0.5, 0.6) is 11.5 Å². The zero-order valence-electron chi connectivity index (χ0n) is 27.3. The second kappa shape index (κ2) is 23.6. The van der Waals surface area contributed by atoms with E-state index in [1.807, 2.05) is 36.4 Å². The molecule has 2 bridgehead atoms. The third-order valence-corrected chi connectivity index (χ3v) is 7.97. The summed E-state index contributed by atoms with van der Waals surface area (Å²) >= 11 is 12.8.